The molecule has 0 spiro atoms. The van der Waals surface area contributed by atoms with Gasteiger partial charge in [-0.15, -0.1) is 0 Å². The second-order valence-corrected chi connectivity index (χ2v) is 4.46. The van der Waals surface area contributed by atoms with E-state index in [1.165, 1.54) is 12.1 Å². The van der Waals surface area contributed by atoms with Crippen LogP contribution in [0.2, 0.25) is 0 Å². The number of aryl methyl sites for hydroxylation is 1. The van der Waals surface area contributed by atoms with Gasteiger partial charge in [-0.25, -0.2) is 9.37 Å². The highest BCUT2D eigenvalue weighted by Crippen LogP contribution is 2.22. The van der Waals surface area contributed by atoms with E-state index < -0.39 is 0 Å². The van der Waals surface area contributed by atoms with Gasteiger partial charge in [0, 0.05) is 25.0 Å². The first-order valence-corrected chi connectivity index (χ1v) is 6.36. The Morgan fingerprint density at radius 1 is 1.19 bits per heavy atom. The smallest absolute Gasteiger partial charge is 0.240 e. The third-order valence-electron chi connectivity index (χ3n) is 3.02. The number of aromatic nitrogens is 5. The predicted molar refractivity (Wildman–Crippen MR) is 76.6 cm³/mol. The molecule has 0 atom stereocenters. The quantitative estimate of drug-likeness (QED) is 0.798. The topological polar surface area (TPSA) is 68.5 Å². The Bertz CT molecular complexity index is 769. The molecule has 2 heterocycles. The number of hydrogen-bond donors (Lipinski definition) is 1. The van der Waals surface area contributed by atoms with Gasteiger partial charge in [0.1, 0.15) is 12.1 Å². The molecule has 0 saturated heterocycles. The van der Waals surface area contributed by atoms with Crippen molar-refractivity contribution in [1.82, 2.24) is 24.5 Å². The summed E-state index contributed by atoms with van der Waals surface area (Å²) < 4.78 is 15.2. The van der Waals surface area contributed by atoms with Crippen molar-refractivity contribution in [1.29, 1.82) is 0 Å². The van der Waals surface area contributed by atoms with Gasteiger partial charge in [0.25, 0.3) is 0 Å². The van der Waals surface area contributed by atoms with Crippen LogP contribution in [0.15, 0.2) is 36.9 Å². The van der Waals surface area contributed by atoms with Crippen LogP contribution >= 0.6 is 0 Å². The summed E-state index contributed by atoms with van der Waals surface area (Å²) in [5.41, 5.74) is 1.52. The van der Waals surface area contributed by atoms with Crippen LogP contribution in [0.25, 0.3) is 17.3 Å². The molecule has 0 fully saturated rings. The van der Waals surface area contributed by atoms with Crippen LogP contribution in [0.4, 0.5) is 10.3 Å². The molecule has 6 nitrogen and oxygen atoms in total. The maximum Gasteiger partial charge on any atom is 0.240 e. The Balaban J connectivity index is 2.18. The third kappa shape index (κ3) is 2.58. The number of rotatable bonds is 3. The minimum Gasteiger partial charge on any atom is -0.357 e. The molecule has 0 aliphatic carbocycles. The largest absolute Gasteiger partial charge is 0.357 e. The van der Waals surface area contributed by atoms with Crippen LogP contribution in [0.5, 0.6) is 0 Å². The van der Waals surface area contributed by atoms with Gasteiger partial charge >= 0.3 is 0 Å². The molecule has 0 bridgehead atoms. The third-order valence-corrected chi connectivity index (χ3v) is 3.02. The summed E-state index contributed by atoms with van der Waals surface area (Å²) in [7, 11) is 1.72. The molecule has 7 heteroatoms. The van der Waals surface area contributed by atoms with E-state index in [-0.39, 0.29) is 5.82 Å². The standard InChI is InChI=1S/C14H13FN6/c1-9-3-4-10(15)7-11(9)12-18-13(16-2)20-14(19-12)21-6-5-17-8-21/h3-8H,1-2H3,(H,16,18,19,20). The Morgan fingerprint density at radius 2 is 2.05 bits per heavy atom. The van der Waals surface area contributed by atoms with Gasteiger partial charge in [-0.1, -0.05) is 6.07 Å². The van der Waals surface area contributed by atoms with Crippen molar-refractivity contribution in [3.05, 3.63) is 48.3 Å². The zero-order valence-electron chi connectivity index (χ0n) is 11.6. The predicted octanol–water partition coefficient (Wildman–Crippen LogP) is 2.21. The minimum atomic E-state index is -0.328. The van der Waals surface area contributed by atoms with Gasteiger partial charge in [0.15, 0.2) is 5.82 Å². The summed E-state index contributed by atoms with van der Waals surface area (Å²) in [6.07, 6.45) is 4.96. The Morgan fingerprint density at radius 3 is 2.76 bits per heavy atom. The van der Waals surface area contributed by atoms with E-state index in [1.54, 1.807) is 36.4 Å². The average Bonchev–Trinajstić information content (AvgIpc) is 3.03. The Hall–Kier alpha value is -2.83. The number of benzene rings is 1. The molecule has 0 unspecified atom stereocenters. The van der Waals surface area contributed by atoms with Crippen molar-refractivity contribution in [3.63, 3.8) is 0 Å². The summed E-state index contributed by atoms with van der Waals surface area (Å²) >= 11 is 0. The van der Waals surface area contributed by atoms with Crippen LogP contribution in [-0.2, 0) is 0 Å². The highest BCUT2D eigenvalue weighted by molar-refractivity contribution is 5.61. The lowest BCUT2D eigenvalue weighted by Crippen LogP contribution is -2.07. The fourth-order valence-electron chi connectivity index (χ4n) is 1.93. The fourth-order valence-corrected chi connectivity index (χ4v) is 1.93. The highest BCUT2D eigenvalue weighted by Gasteiger charge is 2.12. The number of imidazole rings is 1. The summed E-state index contributed by atoms with van der Waals surface area (Å²) in [6.45, 7) is 1.88. The van der Waals surface area contributed by atoms with E-state index in [1.807, 2.05) is 6.92 Å². The minimum absolute atomic E-state index is 0.328. The molecule has 2 aromatic heterocycles. The normalized spacial score (nSPS) is 10.6. The zero-order valence-corrected chi connectivity index (χ0v) is 11.6. The summed E-state index contributed by atoms with van der Waals surface area (Å²) in [5, 5.41) is 2.88. The van der Waals surface area contributed by atoms with Gasteiger partial charge in [-0.2, -0.15) is 15.0 Å². The monoisotopic (exact) mass is 284 g/mol. The second kappa shape index (κ2) is 5.28. The molecule has 106 valence electrons. The summed E-state index contributed by atoms with van der Waals surface area (Å²) in [4.78, 5) is 16.9. The average molecular weight is 284 g/mol. The van der Waals surface area contributed by atoms with E-state index in [4.69, 9.17) is 0 Å². The second-order valence-electron chi connectivity index (χ2n) is 4.46. The first-order chi connectivity index (χ1) is 10.2. The zero-order chi connectivity index (χ0) is 14.8. The maximum atomic E-state index is 13.5. The van der Waals surface area contributed by atoms with E-state index in [2.05, 4.69) is 25.3 Å². The number of halogens is 1. The fraction of sp³-hybridized carbons (Fsp3) is 0.143. The Labute approximate surface area is 120 Å². The summed E-state index contributed by atoms with van der Waals surface area (Å²) in [5.74, 6) is 0.916. The van der Waals surface area contributed by atoms with Crippen LogP contribution < -0.4 is 5.32 Å². The molecule has 1 N–H and O–H groups in total. The van der Waals surface area contributed by atoms with Gasteiger partial charge in [-0.05, 0) is 24.6 Å². The van der Waals surface area contributed by atoms with Crippen LogP contribution in [-0.4, -0.2) is 31.6 Å². The molecule has 0 aliphatic heterocycles. The molecular weight excluding hydrogens is 271 g/mol. The lowest BCUT2D eigenvalue weighted by molar-refractivity contribution is 0.627. The van der Waals surface area contributed by atoms with Crippen molar-refractivity contribution in [2.24, 2.45) is 0 Å². The van der Waals surface area contributed by atoms with Crippen molar-refractivity contribution in [2.45, 2.75) is 6.92 Å². The Kier molecular flexibility index (Phi) is 3.31. The lowest BCUT2D eigenvalue weighted by atomic mass is 10.1. The van der Waals surface area contributed by atoms with Gasteiger partial charge in [0.2, 0.25) is 11.9 Å². The van der Waals surface area contributed by atoms with Gasteiger partial charge < -0.3 is 5.32 Å². The molecule has 0 radical (unpaired) electrons. The molecule has 21 heavy (non-hydrogen) atoms. The van der Waals surface area contributed by atoms with Crippen molar-refractivity contribution < 1.29 is 4.39 Å². The molecule has 0 amide bonds. The van der Waals surface area contributed by atoms with Crippen LogP contribution in [0, 0.1) is 12.7 Å². The number of nitrogens with one attached hydrogen (secondary N) is 1. The van der Waals surface area contributed by atoms with E-state index in [0.717, 1.165) is 5.56 Å². The van der Waals surface area contributed by atoms with Gasteiger partial charge in [0.05, 0.1) is 0 Å². The maximum absolute atomic E-state index is 13.5. The summed E-state index contributed by atoms with van der Waals surface area (Å²) in [6, 6.07) is 4.53. The number of nitrogens with zero attached hydrogens (tertiary/aromatic N) is 5. The number of anilines is 1. The first kappa shape index (κ1) is 13.2. The van der Waals surface area contributed by atoms with Crippen molar-refractivity contribution in [3.8, 4) is 17.3 Å². The molecular formula is C14H13FN6. The van der Waals surface area contributed by atoms with Crippen LogP contribution in [0.1, 0.15) is 5.56 Å². The van der Waals surface area contributed by atoms with Crippen molar-refractivity contribution >= 4 is 5.95 Å². The van der Waals surface area contributed by atoms with Crippen molar-refractivity contribution in [2.75, 3.05) is 12.4 Å². The molecule has 0 saturated carbocycles. The van der Waals surface area contributed by atoms with E-state index in [0.29, 0.717) is 23.3 Å². The first-order valence-electron chi connectivity index (χ1n) is 6.36. The lowest BCUT2D eigenvalue weighted by Gasteiger charge is -2.09. The molecule has 1 aromatic carbocycles. The SMILES string of the molecule is CNc1nc(-c2cc(F)ccc2C)nc(-n2ccnc2)n1. The van der Waals surface area contributed by atoms with E-state index in [9.17, 15) is 4.39 Å². The van der Waals surface area contributed by atoms with Crippen LogP contribution in [0.3, 0.4) is 0 Å². The molecule has 3 rings (SSSR count). The number of hydrogen-bond acceptors (Lipinski definition) is 5. The van der Waals surface area contributed by atoms with Gasteiger partial charge in [-0.3, -0.25) is 4.57 Å². The molecule has 3 aromatic rings. The van der Waals surface area contributed by atoms with E-state index >= 15 is 0 Å². The molecule has 0 aliphatic rings. The highest BCUT2D eigenvalue weighted by atomic mass is 19.1.